The molecule has 0 aliphatic carbocycles. The number of carbonyl (C=O) groups is 2. The van der Waals surface area contributed by atoms with Gasteiger partial charge < -0.3 is 10.0 Å². The molecule has 1 aromatic rings. The summed E-state index contributed by atoms with van der Waals surface area (Å²) in [5, 5.41) is 9.21. The minimum Gasteiger partial charge on any atom is -0.480 e. The van der Waals surface area contributed by atoms with Crippen LogP contribution >= 0.6 is 0 Å². The fourth-order valence-corrected chi connectivity index (χ4v) is 2.27. The van der Waals surface area contributed by atoms with Gasteiger partial charge in [0.25, 0.3) is 5.91 Å². The Balaban J connectivity index is 2.20. The van der Waals surface area contributed by atoms with Crippen LogP contribution in [0.15, 0.2) is 24.5 Å². The van der Waals surface area contributed by atoms with E-state index in [0.29, 0.717) is 24.4 Å². The lowest BCUT2D eigenvalue weighted by atomic mass is 9.92. The van der Waals surface area contributed by atoms with Crippen molar-refractivity contribution in [1.29, 1.82) is 0 Å². The number of nitrogens with zero attached hydrogens (tertiary/aromatic N) is 2. The van der Waals surface area contributed by atoms with Crippen LogP contribution in [0.3, 0.4) is 0 Å². The fraction of sp³-hybridized carbons (Fsp3) is 0.462. The van der Waals surface area contributed by atoms with E-state index in [1.807, 2.05) is 6.92 Å². The van der Waals surface area contributed by atoms with E-state index in [1.165, 1.54) is 11.1 Å². The summed E-state index contributed by atoms with van der Waals surface area (Å²) in [5.74, 6) is -0.842. The summed E-state index contributed by atoms with van der Waals surface area (Å²) in [7, 11) is 0. The average molecular weight is 248 g/mol. The van der Waals surface area contributed by atoms with Gasteiger partial charge in [-0.3, -0.25) is 9.78 Å². The first kappa shape index (κ1) is 12.5. The Labute approximate surface area is 105 Å². The molecule has 1 aromatic heterocycles. The van der Waals surface area contributed by atoms with Crippen molar-refractivity contribution in [1.82, 2.24) is 9.88 Å². The molecule has 0 spiro atoms. The second-order valence-corrected chi connectivity index (χ2v) is 4.72. The number of aliphatic carboxylic acids is 1. The van der Waals surface area contributed by atoms with Crippen molar-refractivity contribution in [2.24, 2.45) is 5.92 Å². The van der Waals surface area contributed by atoms with E-state index in [4.69, 9.17) is 0 Å². The fourth-order valence-electron chi connectivity index (χ4n) is 2.27. The number of rotatable bonds is 2. The first-order chi connectivity index (χ1) is 8.59. The van der Waals surface area contributed by atoms with Crippen molar-refractivity contribution in [2.75, 3.05) is 6.54 Å². The molecular weight excluding hydrogens is 232 g/mol. The molecule has 5 nitrogen and oxygen atoms in total. The van der Waals surface area contributed by atoms with Gasteiger partial charge in [0.1, 0.15) is 6.04 Å². The van der Waals surface area contributed by atoms with Crippen LogP contribution in [0.1, 0.15) is 30.1 Å². The molecule has 96 valence electrons. The largest absolute Gasteiger partial charge is 0.480 e. The van der Waals surface area contributed by atoms with E-state index < -0.39 is 12.0 Å². The van der Waals surface area contributed by atoms with Crippen LogP contribution in [0.5, 0.6) is 0 Å². The molecule has 0 saturated carbocycles. The predicted molar refractivity (Wildman–Crippen MR) is 65.1 cm³/mol. The first-order valence-corrected chi connectivity index (χ1v) is 6.03. The molecule has 2 unspecified atom stereocenters. The lowest BCUT2D eigenvalue weighted by molar-refractivity contribution is -0.144. The average Bonchev–Trinajstić information content (AvgIpc) is 2.39. The second kappa shape index (κ2) is 5.16. The number of carboxylic acid groups (broad SMARTS) is 1. The molecular formula is C13H16N2O3. The monoisotopic (exact) mass is 248 g/mol. The molecule has 1 saturated heterocycles. The van der Waals surface area contributed by atoms with E-state index in [-0.39, 0.29) is 5.91 Å². The van der Waals surface area contributed by atoms with Gasteiger partial charge in [-0.05, 0) is 30.9 Å². The molecule has 1 fully saturated rings. The maximum Gasteiger partial charge on any atom is 0.326 e. The summed E-state index contributed by atoms with van der Waals surface area (Å²) >= 11 is 0. The normalized spacial score (nSPS) is 23.7. The van der Waals surface area contributed by atoms with Gasteiger partial charge in [-0.1, -0.05) is 6.92 Å². The maximum absolute atomic E-state index is 12.2. The minimum atomic E-state index is -0.932. The molecule has 1 aliphatic rings. The molecule has 2 rings (SSSR count). The molecule has 0 radical (unpaired) electrons. The summed E-state index contributed by atoms with van der Waals surface area (Å²) < 4.78 is 0. The minimum absolute atomic E-state index is 0.248. The highest BCUT2D eigenvalue weighted by Crippen LogP contribution is 2.24. The number of hydrogen-bond donors (Lipinski definition) is 1. The number of amides is 1. The summed E-state index contributed by atoms with van der Waals surface area (Å²) in [6.07, 6.45) is 4.42. The van der Waals surface area contributed by atoms with Gasteiger partial charge in [0, 0.05) is 18.9 Å². The van der Waals surface area contributed by atoms with Crippen molar-refractivity contribution in [3.8, 4) is 0 Å². The smallest absolute Gasteiger partial charge is 0.326 e. The van der Waals surface area contributed by atoms with Crippen molar-refractivity contribution in [3.63, 3.8) is 0 Å². The van der Waals surface area contributed by atoms with Crippen LogP contribution in [0.4, 0.5) is 0 Å². The number of likely N-dealkylation sites (tertiary alicyclic amines) is 1. The van der Waals surface area contributed by atoms with E-state index in [9.17, 15) is 14.7 Å². The SMILES string of the molecule is CC1CCN(C(=O)c2cccnc2)C(C(=O)O)C1. The predicted octanol–water partition coefficient (Wildman–Crippen LogP) is 1.41. The molecule has 1 aliphatic heterocycles. The van der Waals surface area contributed by atoms with Gasteiger partial charge in [0.2, 0.25) is 0 Å². The third kappa shape index (κ3) is 2.50. The van der Waals surface area contributed by atoms with Crippen LogP contribution in [-0.4, -0.2) is 39.5 Å². The van der Waals surface area contributed by atoms with Crippen LogP contribution in [-0.2, 0) is 4.79 Å². The number of pyridine rings is 1. The van der Waals surface area contributed by atoms with E-state index in [2.05, 4.69) is 4.98 Å². The summed E-state index contributed by atoms with van der Waals surface area (Å²) in [4.78, 5) is 28.8. The Morgan fingerprint density at radius 3 is 2.89 bits per heavy atom. The Morgan fingerprint density at radius 1 is 1.50 bits per heavy atom. The standard InChI is InChI=1S/C13H16N2O3/c1-9-4-6-15(11(7-9)13(17)18)12(16)10-3-2-5-14-8-10/h2-3,5,8-9,11H,4,6-7H2,1H3,(H,17,18). The van der Waals surface area contributed by atoms with Crippen molar-refractivity contribution in [3.05, 3.63) is 30.1 Å². The zero-order valence-corrected chi connectivity index (χ0v) is 10.2. The number of aromatic nitrogens is 1. The third-order valence-corrected chi connectivity index (χ3v) is 3.32. The second-order valence-electron chi connectivity index (χ2n) is 4.72. The van der Waals surface area contributed by atoms with Gasteiger partial charge in [-0.15, -0.1) is 0 Å². The van der Waals surface area contributed by atoms with Crippen LogP contribution in [0, 0.1) is 5.92 Å². The molecule has 2 atom stereocenters. The van der Waals surface area contributed by atoms with Crippen molar-refractivity contribution in [2.45, 2.75) is 25.8 Å². The van der Waals surface area contributed by atoms with Crippen LogP contribution in [0.2, 0.25) is 0 Å². The Bertz CT molecular complexity index is 447. The Kier molecular flexibility index (Phi) is 3.60. The number of hydrogen-bond acceptors (Lipinski definition) is 3. The van der Waals surface area contributed by atoms with Gasteiger partial charge in [-0.25, -0.2) is 4.79 Å². The van der Waals surface area contributed by atoms with Crippen LogP contribution < -0.4 is 0 Å². The van der Waals surface area contributed by atoms with E-state index in [1.54, 1.807) is 18.3 Å². The Hall–Kier alpha value is -1.91. The molecule has 1 N–H and O–H groups in total. The topological polar surface area (TPSA) is 70.5 Å². The highest BCUT2D eigenvalue weighted by atomic mass is 16.4. The summed E-state index contributed by atoms with van der Waals surface area (Å²) in [6.45, 7) is 2.51. The van der Waals surface area contributed by atoms with Gasteiger partial charge >= 0.3 is 5.97 Å². The van der Waals surface area contributed by atoms with Crippen LogP contribution in [0.25, 0.3) is 0 Å². The summed E-state index contributed by atoms with van der Waals surface area (Å²) in [5.41, 5.74) is 0.443. The third-order valence-electron chi connectivity index (χ3n) is 3.32. The van der Waals surface area contributed by atoms with E-state index >= 15 is 0 Å². The molecule has 1 amide bonds. The number of carbonyl (C=O) groups excluding carboxylic acids is 1. The molecule has 5 heteroatoms. The zero-order chi connectivity index (χ0) is 13.1. The lowest BCUT2D eigenvalue weighted by Gasteiger charge is -2.35. The molecule has 18 heavy (non-hydrogen) atoms. The van der Waals surface area contributed by atoms with Crippen molar-refractivity contribution < 1.29 is 14.7 Å². The zero-order valence-electron chi connectivity index (χ0n) is 10.2. The first-order valence-electron chi connectivity index (χ1n) is 6.03. The number of carboxylic acids is 1. The molecule has 2 heterocycles. The van der Waals surface area contributed by atoms with Gasteiger partial charge in [0.15, 0.2) is 0 Å². The lowest BCUT2D eigenvalue weighted by Crippen LogP contribution is -2.49. The van der Waals surface area contributed by atoms with E-state index in [0.717, 1.165) is 6.42 Å². The highest BCUT2D eigenvalue weighted by molar-refractivity contribution is 5.96. The maximum atomic E-state index is 12.2. The quantitative estimate of drug-likeness (QED) is 0.859. The molecule has 0 bridgehead atoms. The molecule has 0 aromatic carbocycles. The summed E-state index contributed by atoms with van der Waals surface area (Å²) in [6, 6.07) is 2.61. The van der Waals surface area contributed by atoms with Gasteiger partial charge in [-0.2, -0.15) is 0 Å². The highest BCUT2D eigenvalue weighted by Gasteiger charge is 2.35. The Morgan fingerprint density at radius 2 is 2.28 bits per heavy atom. The number of piperidine rings is 1. The van der Waals surface area contributed by atoms with Gasteiger partial charge in [0.05, 0.1) is 5.56 Å². The van der Waals surface area contributed by atoms with Crippen molar-refractivity contribution >= 4 is 11.9 Å².